The highest BCUT2D eigenvalue weighted by Gasteiger charge is 2.06. The van der Waals surface area contributed by atoms with Gasteiger partial charge in [0.2, 0.25) is 5.95 Å². The number of hydrogen-bond donors (Lipinski definition) is 0. The average Bonchev–Trinajstić information content (AvgIpc) is 2.01. The molecule has 0 spiro atoms. The number of rotatable bonds is 3. The summed E-state index contributed by atoms with van der Waals surface area (Å²) < 4.78 is 17.5. The third kappa shape index (κ3) is 3.12. The first-order chi connectivity index (χ1) is 6.61. The fourth-order valence-electron chi connectivity index (χ4n) is 1.18. The summed E-state index contributed by atoms with van der Waals surface area (Å²) in [5.74, 6) is -0.915. The molecule has 0 saturated carbocycles. The van der Waals surface area contributed by atoms with E-state index in [-0.39, 0.29) is 12.4 Å². The Bertz CT molecular complexity index is 319. The molecule has 1 aromatic rings. The molecular formula is C10H12FNO2. The highest BCUT2D eigenvalue weighted by molar-refractivity contribution is 5.72. The number of aromatic nitrogens is 1. The number of carbonyl (C=O) groups is 1. The number of esters is 1. The number of nitrogens with zero attached hydrogens (tertiary/aromatic N) is 1. The molecule has 0 bridgehead atoms. The molecule has 0 aromatic carbocycles. The maximum atomic E-state index is 12.8. The predicted molar refractivity (Wildman–Crippen MR) is 49.3 cm³/mol. The zero-order valence-corrected chi connectivity index (χ0v) is 8.21. The number of halogens is 1. The molecule has 1 aromatic heterocycles. The van der Waals surface area contributed by atoms with Crippen molar-refractivity contribution >= 4 is 5.97 Å². The molecule has 0 radical (unpaired) electrons. The molecule has 3 nitrogen and oxygen atoms in total. The predicted octanol–water partition coefficient (Wildman–Crippen LogP) is 1.63. The van der Waals surface area contributed by atoms with Gasteiger partial charge in [-0.05, 0) is 31.5 Å². The molecule has 4 heteroatoms. The van der Waals surface area contributed by atoms with E-state index in [1.165, 1.54) is 6.07 Å². The average molecular weight is 197 g/mol. The summed E-state index contributed by atoms with van der Waals surface area (Å²) in [6.45, 7) is 3.75. The van der Waals surface area contributed by atoms with Crippen LogP contribution >= 0.6 is 0 Å². The highest BCUT2D eigenvalue weighted by Crippen LogP contribution is 2.06. The summed E-state index contributed by atoms with van der Waals surface area (Å²) in [5.41, 5.74) is 1.15. The fraction of sp³-hybridized carbons (Fsp3) is 0.400. The van der Waals surface area contributed by atoms with Crippen LogP contribution in [-0.2, 0) is 16.0 Å². The van der Waals surface area contributed by atoms with Crippen LogP contribution in [0, 0.1) is 12.9 Å². The van der Waals surface area contributed by atoms with Gasteiger partial charge in [-0.3, -0.25) is 4.79 Å². The molecule has 1 rings (SSSR count). The minimum absolute atomic E-state index is 0.0914. The minimum Gasteiger partial charge on any atom is -0.466 e. The molecule has 0 saturated heterocycles. The van der Waals surface area contributed by atoms with Gasteiger partial charge in [0.15, 0.2) is 0 Å². The van der Waals surface area contributed by atoms with Crippen molar-refractivity contribution in [2.45, 2.75) is 20.3 Å². The second-order valence-electron chi connectivity index (χ2n) is 2.92. The first-order valence-electron chi connectivity index (χ1n) is 4.40. The topological polar surface area (TPSA) is 39.2 Å². The van der Waals surface area contributed by atoms with E-state index in [2.05, 4.69) is 4.98 Å². The van der Waals surface area contributed by atoms with Gasteiger partial charge in [-0.25, -0.2) is 4.98 Å². The summed E-state index contributed by atoms with van der Waals surface area (Å²) in [6, 6.07) is 2.91. The van der Waals surface area contributed by atoms with E-state index < -0.39 is 5.95 Å². The standard InChI is InChI=1S/C10H12FNO2/c1-3-14-10(13)6-8-4-7(2)12-9(11)5-8/h4-5H,3,6H2,1-2H3. The van der Waals surface area contributed by atoms with Gasteiger partial charge in [-0.15, -0.1) is 0 Å². The van der Waals surface area contributed by atoms with Crippen LogP contribution < -0.4 is 0 Å². The van der Waals surface area contributed by atoms with Crippen LogP contribution in [0.1, 0.15) is 18.2 Å². The SMILES string of the molecule is CCOC(=O)Cc1cc(C)nc(F)c1. The van der Waals surface area contributed by atoms with Gasteiger partial charge in [0.05, 0.1) is 13.0 Å². The quantitative estimate of drug-likeness (QED) is 0.546. The van der Waals surface area contributed by atoms with Gasteiger partial charge in [0.25, 0.3) is 0 Å². The zero-order valence-electron chi connectivity index (χ0n) is 8.21. The number of ether oxygens (including phenoxy) is 1. The Labute approximate surface area is 81.9 Å². The van der Waals surface area contributed by atoms with Crippen LogP contribution in [0.5, 0.6) is 0 Å². The van der Waals surface area contributed by atoms with E-state index in [1.54, 1.807) is 19.9 Å². The Balaban J connectivity index is 2.71. The molecule has 0 aliphatic heterocycles. The Kier molecular flexibility index (Phi) is 3.56. The van der Waals surface area contributed by atoms with Gasteiger partial charge >= 0.3 is 5.97 Å². The third-order valence-electron chi connectivity index (χ3n) is 1.64. The van der Waals surface area contributed by atoms with Crippen LogP contribution in [-0.4, -0.2) is 17.6 Å². The van der Waals surface area contributed by atoms with Crippen molar-refractivity contribution in [2.24, 2.45) is 0 Å². The molecule has 0 aliphatic carbocycles. The number of aryl methyl sites for hydroxylation is 1. The summed E-state index contributed by atoms with van der Waals surface area (Å²) in [7, 11) is 0. The molecule has 1 heterocycles. The van der Waals surface area contributed by atoms with Crippen LogP contribution in [0.4, 0.5) is 4.39 Å². The minimum atomic E-state index is -0.565. The summed E-state index contributed by atoms with van der Waals surface area (Å²) in [6.07, 6.45) is 0.0914. The van der Waals surface area contributed by atoms with Crippen molar-refractivity contribution in [2.75, 3.05) is 6.61 Å². The lowest BCUT2D eigenvalue weighted by Crippen LogP contribution is -2.08. The highest BCUT2D eigenvalue weighted by atomic mass is 19.1. The molecule has 0 fully saturated rings. The van der Waals surface area contributed by atoms with Gasteiger partial charge in [0, 0.05) is 5.69 Å². The maximum Gasteiger partial charge on any atom is 0.310 e. The first kappa shape index (κ1) is 10.6. The van der Waals surface area contributed by atoms with Crippen LogP contribution in [0.25, 0.3) is 0 Å². The van der Waals surface area contributed by atoms with E-state index in [4.69, 9.17) is 4.74 Å². The zero-order chi connectivity index (χ0) is 10.6. The first-order valence-corrected chi connectivity index (χ1v) is 4.40. The largest absolute Gasteiger partial charge is 0.466 e. The van der Waals surface area contributed by atoms with E-state index in [0.29, 0.717) is 17.9 Å². The van der Waals surface area contributed by atoms with Crippen LogP contribution in [0.2, 0.25) is 0 Å². The van der Waals surface area contributed by atoms with Gasteiger partial charge in [-0.2, -0.15) is 4.39 Å². The van der Waals surface area contributed by atoms with Gasteiger partial charge < -0.3 is 4.74 Å². The second-order valence-corrected chi connectivity index (χ2v) is 2.92. The molecule has 0 aliphatic rings. The van der Waals surface area contributed by atoms with Crippen molar-refractivity contribution < 1.29 is 13.9 Å². The van der Waals surface area contributed by atoms with Crippen molar-refractivity contribution in [3.8, 4) is 0 Å². The molecule has 0 N–H and O–H groups in total. The lowest BCUT2D eigenvalue weighted by atomic mass is 10.2. The maximum absolute atomic E-state index is 12.8. The van der Waals surface area contributed by atoms with Crippen LogP contribution in [0.15, 0.2) is 12.1 Å². The lowest BCUT2D eigenvalue weighted by Gasteiger charge is -2.02. The third-order valence-corrected chi connectivity index (χ3v) is 1.64. The van der Waals surface area contributed by atoms with Crippen molar-refractivity contribution in [1.82, 2.24) is 4.98 Å². The Morgan fingerprint density at radius 1 is 1.57 bits per heavy atom. The van der Waals surface area contributed by atoms with Gasteiger partial charge in [0.1, 0.15) is 0 Å². The Morgan fingerprint density at radius 3 is 2.86 bits per heavy atom. The molecule has 14 heavy (non-hydrogen) atoms. The molecule has 0 amide bonds. The van der Waals surface area contributed by atoms with E-state index >= 15 is 0 Å². The van der Waals surface area contributed by atoms with Crippen molar-refractivity contribution in [1.29, 1.82) is 0 Å². The second kappa shape index (κ2) is 4.69. The summed E-state index contributed by atoms with van der Waals surface area (Å²) >= 11 is 0. The monoisotopic (exact) mass is 197 g/mol. The van der Waals surface area contributed by atoms with Crippen molar-refractivity contribution in [3.05, 3.63) is 29.3 Å². The summed E-state index contributed by atoms with van der Waals surface area (Å²) in [5, 5.41) is 0. The normalized spacial score (nSPS) is 9.93. The van der Waals surface area contributed by atoms with Gasteiger partial charge in [-0.1, -0.05) is 0 Å². The molecular weight excluding hydrogens is 185 g/mol. The van der Waals surface area contributed by atoms with E-state index in [9.17, 15) is 9.18 Å². The number of pyridine rings is 1. The fourth-order valence-corrected chi connectivity index (χ4v) is 1.18. The number of hydrogen-bond acceptors (Lipinski definition) is 3. The molecule has 0 unspecified atom stereocenters. The van der Waals surface area contributed by atoms with Crippen LogP contribution in [0.3, 0.4) is 0 Å². The smallest absolute Gasteiger partial charge is 0.310 e. The molecule has 76 valence electrons. The lowest BCUT2D eigenvalue weighted by molar-refractivity contribution is -0.142. The Morgan fingerprint density at radius 2 is 2.29 bits per heavy atom. The van der Waals surface area contributed by atoms with E-state index in [1.807, 2.05) is 0 Å². The van der Waals surface area contributed by atoms with E-state index in [0.717, 1.165) is 0 Å². The Hall–Kier alpha value is -1.45. The van der Waals surface area contributed by atoms with Crippen molar-refractivity contribution in [3.63, 3.8) is 0 Å². The number of carbonyl (C=O) groups excluding carboxylic acids is 1. The summed E-state index contributed by atoms with van der Waals surface area (Å²) in [4.78, 5) is 14.6. The molecule has 0 atom stereocenters.